The van der Waals surface area contributed by atoms with E-state index in [1.165, 1.54) is 35.2 Å². The normalized spacial score (nSPS) is 12.6. The number of nitrogens with two attached hydrogens (primary N) is 1. The fourth-order valence-corrected chi connectivity index (χ4v) is 4.05. The Morgan fingerprint density at radius 2 is 1.82 bits per heavy atom. The summed E-state index contributed by atoms with van der Waals surface area (Å²) >= 11 is 0. The molecule has 0 radical (unpaired) electrons. The van der Waals surface area contributed by atoms with E-state index < -0.39 is 0 Å². The van der Waals surface area contributed by atoms with Gasteiger partial charge in [-0.3, -0.25) is 4.79 Å². The lowest BCUT2D eigenvalue weighted by molar-refractivity contribution is -0.120. The Kier molecular flexibility index (Phi) is 7.49. The van der Waals surface area contributed by atoms with Gasteiger partial charge in [-0.25, -0.2) is 0 Å². The van der Waals surface area contributed by atoms with Crippen molar-refractivity contribution in [2.24, 2.45) is 0 Å². The molecule has 0 atom stereocenters. The molecule has 0 bridgehead atoms. The average molecular weight is 402 g/mol. The molecule has 1 aliphatic carbocycles. The molecule has 0 saturated heterocycles. The summed E-state index contributed by atoms with van der Waals surface area (Å²) in [6.45, 7) is 0.675. The van der Waals surface area contributed by atoms with Gasteiger partial charge in [-0.05, 0) is 73.1 Å². The third-order valence-corrected chi connectivity index (χ3v) is 5.30. The van der Waals surface area contributed by atoms with Gasteiger partial charge in [-0.15, -0.1) is 12.4 Å². The average Bonchev–Trinajstić information content (AvgIpc) is 2.98. The molecule has 0 unspecified atom stereocenters. The van der Waals surface area contributed by atoms with E-state index in [1.54, 1.807) is 0 Å². The summed E-state index contributed by atoms with van der Waals surface area (Å²) in [4.78, 5) is 12.2. The summed E-state index contributed by atoms with van der Waals surface area (Å²) in [5.41, 5.74) is 13.1. The largest absolute Gasteiger partial charge is 0.412 e. The minimum absolute atomic E-state index is 0. The van der Waals surface area contributed by atoms with Gasteiger partial charge in [0.2, 0.25) is 5.91 Å². The van der Waals surface area contributed by atoms with Crippen LogP contribution in [0, 0.1) is 0 Å². The number of nitrogen functional groups attached to an aromatic ring is 1. The summed E-state index contributed by atoms with van der Waals surface area (Å²) in [5.74, 6) is 0.0622. The number of carbonyl (C=O) groups excluding carboxylic acids is 1. The predicted octanol–water partition coefficient (Wildman–Crippen LogP) is 2.90. The summed E-state index contributed by atoms with van der Waals surface area (Å²) in [6, 6.07) is 13.9. The smallest absolute Gasteiger partial charge is 0.224 e. The molecule has 0 saturated carbocycles. The van der Waals surface area contributed by atoms with E-state index in [9.17, 15) is 4.79 Å². The molecule has 1 aliphatic rings. The Morgan fingerprint density at radius 3 is 2.61 bits per heavy atom. The van der Waals surface area contributed by atoms with Crippen molar-refractivity contribution < 1.29 is 10.3 Å². The van der Waals surface area contributed by atoms with Gasteiger partial charge in [-0.1, -0.05) is 18.2 Å². The van der Waals surface area contributed by atoms with Crippen molar-refractivity contribution in [2.45, 2.75) is 38.5 Å². The van der Waals surface area contributed by atoms with Gasteiger partial charge in [0.25, 0.3) is 0 Å². The molecule has 28 heavy (non-hydrogen) atoms. The highest BCUT2D eigenvalue weighted by Crippen LogP contribution is 2.30. The predicted molar refractivity (Wildman–Crippen MR) is 116 cm³/mol. The van der Waals surface area contributed by atoms with E-state index in [0.29, 0.717) is 13.0 Å². The number of rotatable bonds is 5. The van der Waals surface area contributed by atoms with Crippen molar-refractivity contribution in [1.29, 1.82) is 0 Å². The minimum atomic E-state index is 0. The van der Waals surface area contributed by atoms with E-state index in [1.807, 2.05) is 24.3 Å². The molecule has 1 amide bonds. The lowest BCUT2D eigenvalue weighted by Crippen LogP contribution is -2.27. The van der Waals surface area contributed by atoms with Crippen molar-refractivity contribution in [1.82, 2.24) is 9.72 Å². The number of benzene rings is 1. The second-order valence-corrected chi connectivity index (χ2v) is 7.09. The topological polar surface area (TPSA) is 91.0 Å². The van der Waals surface area contributed by atoms with Crippen molar-refractivity contribution in [2.75, 3.05) is 12.3 Å². The van der Waals surface area contributed by atoms with E-state index >= 15 is 0 Å². The number of fused-ring (bicyclic) bond motifs is 3. The second-order valence-electron chi connectivity index (χ2n) is 7.09. The number of hydrogen-bond acceptors (Lipinski definition) is 2. The second kappa shape index (κ2) is 9.62. The molecule has 4 rings (SSSR count). The number of aromatic nitrogens is 1. The monoisotopic (exact) mass is 401 g/mol. The molecule has 2 aromatic heterocycles. The van der Waals surface area contributed by atoms with Crippen molar-refractivity contribution in [3.8, 4) is 0 Å². The van der Waals surface area contributed by atoms with Gasteiger partial charge in [-0.2, -0.15) is 0 Å². The molecule has 5 N–H and O–H groups in total. The number of halogens is 1. The number of anilines is 1. The fraction of sp³-hybridized carbons (Fsp3) is 0.318. The molecule has 0 fully saturated rings. The molecule has 6 heteroatoms. The number of pyridine rings is 1. The van der Waals surface area contributed by atoms with Crippen LogP contribution in [0.5, 0.6) is 0 Å². The SMILES string of the molecule is Cl.Nc1ccc(CC(=O)NCCc2c3c(n4ccccc24)CCCC3)cc1.O. The Bertz CT molecular complexity index is 935. The number of hydrogen-bond donors (Lipinski definition) is 2. The van der Waals surface area contributed by atoms with Crippen LogP contribution in [0.15, 0.2) is 48.7 Å². The maximum absolute atomic E-state index is 12.2. The van der Waals surface area contributed by atoms with Crippen LogP contribution in [0.3, 0.4) is 0 Å². The molecule has 1 aromatic carbocycles. The molecular formula is C22H28ClN3O2. The Balaban J connectivity index is 0.00000140. The first-order valence-electron chi connectivity index (χ1n) is 9.43. The third kappa shape index (κ3) is 4.49. The van der Waals surface area contributed by atoms with Crippen LogP contribution < -0.4 is 11.1 Å². The Morgan fingerprint density at radius 1 is 1.07 bits per heavy atom. The molecule has 150 valence electrons. The van der Waals surface area contributed by atoms with Crippen LogP contribution in [0.2, 0.25) is 0 Å². The van der Waals surface area contributed by atoms with Crippen LogP contribution in [0.25, 0.3) is 5.52 Å². The van der Waals surface area contributed by atoms with Crippen LogP contribution in [-0.4, -0.2) is 22.3 Å². The van der Waals surface area contributed by atoms with Crippen molar-refractivity contribution in [3.63, 3.8) is 0 Å². The molecule has 2 heterocycles. The summed E-state index contributed by atoms with van der Waals surface area (Å²) in [7, 11) is 0. The number of carbonyl (C=O) groups is 1. The first-order valence-corrected chi connectivity index (χ1v) is 9.43. The van der Waals surface area contributed by atoms with Crippen LogP contribution in [0.4, 0.5) is 5.69 Å². The van der Waals surface area contributed by atoms with Gasteiger partial charge < -0.3 is 20.9 Å². The highest BCUT2D eigenvalue weighted by Gasteiger charge is 2.20. The maximum atomic E-state index is 12.2. The maximum Gasteiger partial charge on any atom is 0.224 e. The number of aryl methyl sites for hydroxylation is 1. The van der Waals surface area contributed by atoms with E-state index in [-0.39, 0.29) is 23.8 Å². The Labute approximate surface area is 171 Å². The number of nitrogens with one attached hydrogen (secondary N) is 1. The van der Waals surface area contributed by atoms with E-state index in [0.717, 1.165) is 30.5 Å². The van der Waals surface area contributed by atoms with Gasteiger partial charge in [0.05, 0.1) is 6.42 Å². The zero-order valence-corrected chi connectivity index (χ0v) is 16.7. The highest BCUT2D eigenvalue weighted by atomic mass is 35.5. The van der Waals surface area contributed by atoms with Crippen LogP contribution >= 0.6 is 12.4 Å². The van der Waals surface area contributed by atoms with Gasteiger partial charge in [0.1, 0.15) is 0 Å². The highest BCUT2D eigenvalue weighted by molar-refractivity contribution is 5.85. The standard InChI is InChI=1S/C22H25N3O.ClH.H2O/c23-17-10-8-16(9-11-17)15-22(26)24-13-12-19-18-5-1-2-6-20(18)25-14-4-3-7-21(19)25;;/h3-4,7-11,14H,1-2,5-6,12-13,15,23H2,(H,24,26);1H;1H2. The zero-order chi connectivity index (χ0) is 17.9. The van der Waals surface area contributed by atoms with E-state index in [4.69, 9.17) is 5.73 Å². The lowest BCUT2D eigenvalue weighted by Gasteiger charge is -2.13. The lowest BCUT2D eigenvalue weighted by atomic mass is 9.93. The van der Waals surface area contributed by atoms with E-state index in [2.05, 4.69) is 34.1 Å². The summed E-state index contributed by atoms with van der Waals surface area (Å²) in [6.07, 6.45) is 8.30. The quantitative estimate of drug-likeness (QED) is 0.643. The fourth-order valence-electron chi connectivity index (χ4n) is 4.05. The van der Waals surface area contributed by atoms with Crippen LogP contribution in [0.1, 0.15) is 35.2 Å². The number of nitrogens with zero attached hydrogens (tertiary/aromatic N) is 1. The van der Waals surface area contributed by atoms with Crippen molar-refractivity contribution in [3.05, 3.63) is 71.0 Å². The zero-order valence-electron chi connectivity index (χ0n) is 15.9. The van der Waals surface area contributed by atoms with Crippen LogP contribution in [-0.2, 0) is 30.5 Å². The number of amides is 1. The molecule has 3 aromatic rings. The van der Waals surface area contributed by atoms with Gasteiger partial charge in [0, 0.05) is 29.6 Å². The molecular weight excluding hydrogens is 374 g/mol. The first-order chi connectivity index (χ1) is 12.7. The first kappa shape index (κ1) is 21.8. The third-order valence-electron chi connectivity index (χ3n) is 5.30. The summed E-state index contributed by atoms with van der Waals surface area (Å²) < 4.78 is 2.35. The Hall–Kier alpha value is -2.50. The molecule has 0 aliphatic heterocycles. The van der Waals surface area contributed by atoms with Gasteiger partial charge >= 0.3 is 0 Å². The summed E-state index contributed by atoms with van der Waals surface area (Å²) in [5, 5.41) is 3.08. The van der Waals surface area contributed by atoms with Crippen molar-refractivity contribution >= 4 is 29.5 Å². The molecule has 0 spiro atoms. The minimum Gasteiger partial charge on any atom is -0.412 e. The molecule has 5 nitrogen and oxygen atoms in total. The van der Waals surface area contributed by atoms with Gasteiger partial charge in [0.15, 0.2) is 0 Å².